The first-order valence-electron chi connectivity index (χ1n) is 10.2. The van der Waals surface area contributed by atoms with E-state index in [1.165, 1.54) is 0 Å². The number of likely N-dealkylation sites (tertiary alicyclic amines) is 1. The van der Waals surface area contributed by atoms with E-state index in [-0.39, 0.29) is 17.7 Å². The van der Waals surface area contributed by atoms with Crippen molar-refractivity contribution >= 4 is 11.8 Å². The maximum Gasteiger partial charge on any atom is 0.246 e. The number of benzene rings is 1. The van der Waals surface area contributed by atoms with E-state index >= 15 is 0 Å². The van der Waals surface area contributed by atoms with E-state index in [4.69, 9.17) is 4.52 Å². The van der Waals surface area contributed by atoms with Crippen LogP contribution >= 0.6 is 0 Å². The highest BCUT2D eigenvalue weighted by Crippen LogP contribution is 2.40. The maximum atomic E-state index is 13.2. The molecule has 2 fully saturated rings. The van der Waals surface area contributed by atoms with Gasteiger partial charge in [0.25, 0.3) is 0 Å². The van der Waals surface area contributed by atoms with Crippen LogP contribution in [-0.4, -0.2) is 40.5 Å². The fourth-order valence-electron chi connectivity index (χ4n) is 4.08. The SMILES string of the molecule is CCCNC(=O)[C@]1(Cc2cc(-c3ccccc3)no2)CCCN1C(=O)C1CC1. The molecule has 1 saturated heterocycles. The van der Waals surface area contributed by atoms with Crippen LogP contribution in [-0.2, 0) is 16.0 Å². The van der Waals surface area contributed by atoms with Crippen LogP contribution in [0.5, 0.6) is 0 Å². The molecule has 2 heterocycles. The van der Waals surface area contributed by atoms with E-state index in [1.54, 1.807) is 0 Å². The van der Waals surface area contributed by atoms with Crippen LogP contribution in [0, 0.1) is 5.92 Å². The molecule has 148 valence electrons. The monoisotopic (exact) mass is 381 g/mol. The van der Waals surface area contributed by atoms with Crippen molar-refractivity contribution < 1.29 is 14.1 Å². The quantitative estimate of drug-likeness (QED) is 0.799. The van der Waals surface area contributed by atoms with Gasteiger partial charge in [0.15, 0.2) is 0 Å². The number of aromatic nitrogens is 1. The molecular formula is C22H27N3O3. The lowest BCUT2D eigenvalue weighted by Crippen LogP contribution is -2.59. The minimum Gasteiger partial charge on any atom is -0.361 e. The predicted octanol–water partition coefficient (Wildman–Crippen LogP) is 3.18. The van der Waals surface area contributed by atoms with E-state index in [1.807, 2.05) is 48.2 Å². The summed E-state index contributed by atoms with van der Waals surface area (Å²) in [5, 5.41) is 7.21. The Hall–Kier alpha value is -2.63. The third-order valence-corrected chi connectivity index (χ3v) is 5.73. The molecule has 1 saturated carbocycles. The number of nitrogens with zero attached hydrogens (tertiary/aromatic N) is 2. The molecule has 2 amide bonds. The minimum absolute atomic E-state index is 0.0708. The molecule has 1 N–H and O–H groups in total. The van der Waals surface area contributed by atoms with E-state index in [0.717, 1.165) is 36.9 Å². The van der Waals surface area contributed by atoms with Gasteiger partial charge in [0.2, 0.25) is 11.8 Å². The Balaban J connectivity index is 1.61. The molecule has 1 aromatic heterocycles. The first-order chi connectivity index (χ1) is 13.6. The van der Waals surface area contributed by atoms with Gasteiger partial charge in [-0.2, -0.15) is 0 Å². The Morgan fingerprint density at radius 2 is 2.07 bits per heavy atom. The lowest BCUT2D eigenvalue weighted by Gasteiger charge is -2.36. The van der Waals surface area contributed by atoms with Crippen molar-refractivity contribution in [3.8, 4) is 11.3 Å². The minimum atomic E-state index is -0.873. The molecule has 0 spiro atoms. The second-order valence-corrected chi connectivity index (χ2v) is 7.88. The zero-order chi connectivity index (χ0) is 19.6. The molecule has 1 aromatic carbocycles. The zero-order valence-corrected chi connectivity index (χ0v) is 16.3. The van der Waals surface area contributed by atoms with Gasteiger partial charge >= 0.3 is 0 Å². The smallest absolute Gasteiger partial charge is 0.246 e. The fourth-order valence-corrected chi connectivity index (χ4v) is 4.08. The lowest BCUT2D eigenvalue weighted by atomic mass is 9.88. The highest BCUT2D eigenvalue weighted by atomic mass is 16.5. The van der Waals surface area contributed by atoms with Gasteiger partial charge in [0.1, 0.15) is 17.0 Å². The van der Waals surface area contributed by atoms with Gasteiger partial charge in [-0.15, -0.1) is 0 Å². The van der Waals surface area contributed by atoms with E-state index < -0.39 is 5.54 Å². The van der Waals surface area contributed by atoms with Crippen LogP contribution < -0.4 is 5.32 Å². The summed E-state index contributed by atoms with van der Waals surface area (Å²) in [5.74, 6) is 0.775. The Morgan fingerprint density at radius 1 is 1.29 bits per heavy atom. The number of rotatable bonds is 7. The zero-order valence-electron chi connectivity index (χ0n) is 16.3. The molecule has 0 unspecified atom stereocenters. The summed E-state index contributed by atoms with van der Waals surface area (Å²) < 4.78 is 5.60. The maximum absolute atomic E-state index is 13.2. The predicted molar refractivity (Wildman–Crippen MR) is 105 cm³/mol. The molecule has 0 bridgehead atoms. The number of carbonyl (C=O) groups excluding carboxylic acids is 2. The summed E-state index contributed by atoms with van der Waals surface area (Å²) >= 11 is 0. The van der Waals surface area contributed by atoms with Crippen molar-refractivity contribution in [2.75, 3.05) is 13.1 Å². The molecule has 1 aliphatic heterocycles. The number of hydrogen-bond acceptors (Lipinski definition) is 4. The summed E-state index contributed by atoms with van der Waals surface area (Å²) in [6.45, 7) is 3.27. The first-order valence-corrected chi connectivity index (χ1v) is 10.2. The van der Waals surface area contributed by atoms with Crippen LogP contribution in [0.25, 0.3) is 11.3 Å². The molecule has 4 rings (SSSR count). The summed E-state index contributed by atoms with van der Waals surface area (Å²) in [4.78, 5) is 27.9. The summed E-state index contributed by atoms with van der Waals surface area (Å²) in [7, 11) is 0. The summed E-state index contributed by atoms with van der Waals surface area (Å²) in [5.41, 5.74) is 0.847. The van der Waals surface area contributed by atoms with Gasteiger partial charge in [-0.05, 0) is 32.1 Å². The number of amides is 2. The normalized spacial score (nSPS) is 21.7. The second-order valence-electron chi connectivity index (χ2n) is 7.88. The highest BCUT2D eigenvalue weighted by Gasteiger charge is 2.52. The van der Waals surface area contributed by atoms with Gasteiger partial charge in [-0.1, -0.05) is 42.4 Å². The second kappa shape index (κ2) is 7.78. The number of carbonyl (C=O) groups is 2. The highest BCUT2D eigenvalue weighted by molar-refractivity contribution is 5.93. The largest absolute Gasteiger partial charge is 0.361 e. The van der Waals surface area contributed by atoms with Crippen LogP contribution in [0.2, 0.25) is 0 Å². The number of hydrogen-bond donors (Lipinski definition) is 1. The third kappa shape index (κ3) is 3.55. The summed E-state index contributed by atoms with van der Waals surface area (Å²) in [6.07, 6.45) is 4.57. The molecule has 28 heavy (non-hydrogen) atoms. The van der Waals surface area contributed by atoms with Crippen LogP contribution in [0.15, 0.2) is 40.9 Å². The molecule has 1 aliphatic carbocycles. The van der Waals surface area contributed by atoms with Gasteiger partial charge in [-0.3, -0.25) is 9.59 Å². The Labute approximate surface area is 165 Å². The Morgan fingerprint density at radius 3 is 2.79 bits per heavy atom. The van der Waals surface area contributed by atoms with Crippen molar-refractivity contribution in [1.29, 1.82) is 0 Å². The van der Waals surface area contributed by atoms with Gasteiger partial charge in [0, 0.05) is 37.1 Å². The molecule has 6 nitrogen and oxygen atoms in total. The topological polar surface area (TPSA) is 75.4 Å². The van der Waals surface area contributed by atoms with Crippen molar-refractivity contribution in [2.45, 2.75) is 51.0 Å². The molecular weight excluding hydrogens is 354 g/mol. The van der Waals surface area contributed by atoms with E-state index in [9.17, 15) is 9.59 Å². The van der Waals surface area contributed by atoms with Crippen molar-refractivity contribution in [1.82, 2.24) is 15.4 Å². The fraction of sp³-hybridized carbons (Fsp3) is 0.500. The third-order valence-electron chi connectivity index (χ3n) is 5.73. The molecule has 0 radical (unpaired) electrons. The van der Waals surface area contributed by atoms with Crippen LogP contribution in [0.4, 0.5) is 0 Å². The van der Waals surface area contributed by atoms with E-state index in [0.29, 0.717) is 31.7 Å². The summed E-state index contributed by atoms with van der Waals surface area (Å²) in [6, 6.07) is 11.7. The van der Waals surface area contributed by atoms with Gasteiger partial charge in [-0.25, -0.2) is 0 Å². The first kappa shape index (κ1) is 18.7. The molecule has 2 aromatic rings. The van der Waals surface area contributed by atoms with Crippen molar-refractivity contribution in [3.05, 3.63) is 42.2 Å². The number of nitrogens with one attached hydrogen (secondary N) is 1. The Kier molecular flexibility index (Phi) is 5.20. The van der Waals surface area contributed by atoms with Gasteiger partial charge < -0.3 is 14.7 Å². The Bertz CT molecular complexity index is 844. The van der Waals surface area contributed by atoms with Crippen LogP contribution in [0.3, 0.4) is 0 Å². The molecule has 2 aliphatic rings. The van der Waals surface area contributed by atoms with Gasteiger partial charge in [0.05, 0.1) is 0 Å². The average molecular weight is 381 g/mol. The molecule has 1 atom stereocenters. The average Bonchev–Trinajstić information content (AvgIpc) is 3.33. The van der Waals surface area contributed by atoms with Crippen LogP contribution in [0.1, 0.15) is 44.8 Å². The molecule has 6 heteroatoms. The van der Waals surface area contributed by atoms with Crippen molar-refractivity contribution in [2.24, 2.45) is 5.92 Å². The van der Waals surface area contributed by atoms with Crippen molar-refractivity contribution in [3.63, 3.8) is 0 Å². The lowest BCUT2D eigenvalue weighted by molar-refractivity contribution is -0.146. The standard InChI is InChI=1S/C22H27N3O3/c1-2-12-23-21(27)22(11-6-13-25(22)20(26)17-9-10-17)15-18-14-19(24-28-18)16-7-4-3-5-8-16/h3-5,7-8,14,17H,2,6,9-13,15H2,1H3,(H,23,27)/t22-/m1/s1. The van der Waals surface area contributed by atoms with E-state index in [2.05, 4.69) is 10.5 Å².